The normalized spacial score (nSPS) is 12.8. The fourth-order valence-corrected chi connectivity index (χ4v) is 2.83. The van der Waals surface area contributed by atoms with Crippen molar-refractivity contribution in [3.05, 3.63) is 46.8 Å². The lowest BCUT2D eigenvalue weighted by atomic mass is 10.00. The largest absolute Gasteiger partial charge is 0.497 e. The Morgan fingerprint density at radius 2 is 2.12 bits per heavy atom. The van der Waals surface area contributed by atoms with Crippen LogP contribution in [0.15, 0.2) is 33.8 Å². The van der Waals surface area contributed by atoms with Crippen molar-refractivity contribution in [3.8, 4) is 5.75 Å². The van der Waals surface area contributed by atoms with Crippen LogP contribution in [0.1, 0.15) is 42.3 Å². The van der Waals surface area contributed by atoms with Gasteiger partial charge in [-0.3, -0.25) is 0 Å². The molecular weight excluding hydrogens is 316 g/mol. The molecule has 1 aromatic carbocycles. The van der Waals surface area contributed by atoms with E-state index < -0.39 is 0 Å². The number of hydrogen-bond acceptors (Lipinski definition) is 4. The summed E-state index contributed by atoms with van der Waals surface area (Å²) in [5, 5.41) is 10.7. The second-order valence-electron chi connectivity index (χ2n) is 6.07. The van der Waals surface area contributed by atoms with E-state index in [0.717, 1.165) is 47.4 Å². The van der Waals surface area contributed by atoms with Gasteiger partial charge < -0.3 is 19.9 Å². The Morgan fingerprint density at radius 3 is 2.76 bits per heavy atom. The van der Waals surface area contributed by atoms with Crippen LogP contribution in [0.3, 0.4) is 0 Å². The molecule has 1 atom stereocenters. The van der Waals surface area contributed by atoms with E-state index in [-0.39, 0.29) is 5.92 Å². The number of aryl methyl sites for hydroxylation is 2. The van der Waals surface area contributed by atoms with Crippen LogP contribution in [0, 0.1) is 13.8 Å². The summed E-state index contributed by atoms with van der Waals surface area (Å²) in [4.78, 5) is 4.66. The topological polar surface area (TPSA) is 71.7 Å². The summed E-state index contributed by atoms with van der Waals surface area (Å²) in [7, 11) is 1.67. The molecule has 0 radical (unpaired) electrons. The lowest BCUT2D eigenvalue weighted by Gasteiger charge is -2.16. The van der Waals surface area contributed by atoms with Crippen LogP contribution in [0.25, 0.3) is 0 Å². The van der Waals surface area contributed by atoms with Crippen LogP contribution in [0.4, 0.5) is 0 Å². The molecule has 6 heteroatoms. The molecule has 2 rings (SSSR count). The maximum Gasteiger partial charge on any atom is 0.191 e. The smallest absolute Gasteiger partial charge is 0.191 e. The van der Waals surface area contributed by atoms with Crippen LogP contribution in [0.5, 0.6) is 5.75 Å². The van der Waals surface area contributed by atoms with E-state index in [1.54, 1.807) is 7.11 Å². The number of nitrogens with one attached hydrogen (secondary N) is 2. The van der Waals surface area contributed by atoms with Crippen LogP contribution in [-0.2, 0) is 6.54 Å². The monoisotopic (exact) mass is 344 g/mol. The molecule has 25 heavy (non-hydrogen) atoms. The van der Waals surface area contributed by atoms with E-state index in [1.165, 1.54) is 0 Å². The van der Waals surface area contributed by atoms with E-state index in [2.05, 4.69) is 34.6 Å². The molecule has 1 heterocycles. The molecule has 0 amide bonds. The first-order chi connectivity index (χ1) is 12.0. The van der Waals surface area contributed by atoms with Crippen molar-refractivity contribution in [2.75, 3.05) is 20.2 Å². The highest BCUT2D eigenvalue weighted by Gasteiger charge is 2.16. The Bertz CT molecular complexity index is 690. The van der Waals surface area contributed by atoms with E-state index >= 15 is 0 Å². The molecule has 0 spiro atoms. The van der Waals surface area contributed by atoms with Gasteiger partial charge in [0.15, 0.2) is 5.96 Å². The number of hydrogen-bond donors (Lipinski definition) is 2. The predicted octanol–water partition coefficient (Wildman–Crippen LogP) is 3.16. The quantitative estimate of drug-likeness (QED) is 0.596. The highest BCUT2D eigenvalue weighted by atomic mass is 16.5. The van der Waals surface area contributed by atoms with Gasteiger partial charge in [0.1, 0.15) is 11.5 Å². The zero-order valence-corrected chi connectivity index (χ0v) is 15.7. The van der Waals surface area contributed by atoms with E-state index in [9.17, 15) is 0 Å². The minimum Gasteiger partial charge on any atom is -0.497 e. The number of benzene rings is 1. The lowest BCUT2D eigenvalue weighted by Crippen LogP contribution is -2.39. The Balaban J connectivity index is 1.99. The van der Waals surface area contributed by atoms with Gasteiger partial charge in [-0.25, -0.2) is 4.99 Å². The van der Waals surface area contributed by atoms with Crippen LogP contribution < -0.4 is 15.4 Å². The molecule has 0 saturated carbocycles. The second-order valence-corrected chi connectivity index (χ2v) is 6.07. The highest BCUT2D eigenvalue weighted by Crippen LogP contribution is 2.22. The average Bonchev–Trinajstić information content (AvgIpc) is 2.96. The summed E-state index contributed by atoms with van der Waals surface area (Å²) in [6.45, 7) is 10.3. The van der Waals surface area contributed by atoms with Crippen molar-refractivity contribution in [1.29, 1.82) is 0 Å². The van der Waals surface area contributed by atoms with Gasteiger partial charge in [0, 0.05) is 24.6 Å². The third kappa shape index (κ3) is 5.24. The maximum absolute atomic E-state index is 5.26. The average molecular weight is 344 g/mol. The zero-order valence-electron chi connectivity index (χ0n) is 15.7. The maximum atomic E-state index is 5.26. The first-order valence-electron chi connectivity index (χ1n) is 8.63. The molecule has 2 N–H and O–H groups in total. The van der Waals surface area contributed by atoms with Crippen molar-refractivity contribution >= 4 is 5.96 Å². The molecule has 2 aromatic rings. The number of aromatic nitrogens is 1. The highest BCUT2D eigenvalue weighted by molar-refractivity contribution is 5.79. The third-order valence-electron chi connectivity index (χ3n) is 4.06. The number of methoxy groups -OCH3 is 1. The summed E-state index contributed by atoms with van der Waals surface area (Å²) in [5.74, 6) is 2.80. The molecule has 1 unspecified atom stereocenters. The van der Waals surface area contributed by atoms with Crippen LogP contribution in [-0.4, -0.2) is 31.3 Å². The van der Waals surface area contributed by atoms with Gasteiger partial charge in [-0.2, -0.15) is 0 Å². The van der Waals surface area contributed by atoms with Gasteiger partial charge in [-0.05, 0) is 38.5 Å². The third-order valence-corrected chi connectivity index (χ3v) is 4.06. The molecule has 6 nitrogen and oxygen atoms in total. The SMILES string of the molecule is CCNC(=NCc1cccc(OC)c1)NCC(C)c1c(C)noc1C. The van der Waals surface area contributed by atoms with Crippen molar-refractivity contribution in [3.63, 3.8) is 0 Å². The van der Waals surface area contributed by atoms with Crippen molar-refractivity contribution < 1.29 is 9.26 Å². The van der Waals surface area contributed by atoms with Crippen LogP contribution >= 0.6 is 0 Å². The minimum atomic E-state index is 0.284. The summed E-state index contributed by atoms with van der Waals surface area (Å²) in [5.41, 5.74) is 3.22. The van der Waals surface area contributed by atoms with E-state index in [0.29, 0.717) is 6.54 Å². The first kappa shape index (κ1) is 18.8. The summed E-state index contributed by atoms with van der Waals surface area (Å²) >= 11 is 0. The molecule has 0 aliphatic rings. The Labute approximate surface area is 149 Å². The molecule has 136 valence electrons. The number of rotatable bonds is 7. The van der Waals surface area contributed by atoms with Crippen molar-refractivity contribution in [2.24, 2.45) is 4.99 Å². The fourth-order valence-electron chi connectivity index (χ4n) is 2.83. The summed E-state index contributed by atoms with van der Waals surface area (Å²) in [6.07, 6.45) is 0. The predicted molar refractivity (Wildman–Crippen MR) is 100 cm³/mol. The van der Waals surface area contributed by atoms with Crippen molar-refractivity contribution in [1.82, 2.24) is 15.8 Å². The number of nitrogens with zero attached hydrogens (tertiary/aromatic N) is 2. The zero-order chi connectivity index (χ0) is 18.2. The van der Waals surface area contributed by atoms with Gasteiger partial charge in [0.2, 0.25) is 0 Å². The van der Waals surface area contributed by atoms with Gasteiger partial charge in [-0.15, -0.1) is 0 Å². The van der Waals surface area contributed by atoms with Crippen molar-refractivity contribution in [2.45, 2.75) is 40.2 Å². The molecular formula is C19H28N4O2. The Hall–Kier alpha value is -2.50. The van der Waals surface area contributed by atoms with Gasteiger partial charge >= 0.3 is 0 Å². The van der Waals surface area contributed by atoms with E-state index in [1.807, 2.05) is 38.1 Å². The molecule has 0 aliphatic carbocycles. The molecule has 0 bridgehead atoms. The molecule has 1 aromatic heterocycles. The molecule has 0 aliphatic heterocycles. The van der Waals surface area contributed by atoms with E-state index in [4.69, 9.17) is 9.26 Å². The standard InChI is InChI=1S/C19H28N4O2/c1-6-20-19(22-12-16-8-7-9-17(10-16)24-5)21-11-13(2)18-14(3)23-25-15(18)4/h7-10,13H,6,11-12H2,1-5H3,(H2,20,21,22). The molecule has 0 fully saturated rings. The number of aliphatic imine (C=N–C) groups is 1. The Morgan fingerprint density at radius 1 is 1.32 bits per heavy atom. The second kappa shape index (κ2) is 9.11. The number of ether oxygens (including phenoxy) is 1. The Kier molecular flexibility index (Phi) is 6.86. The van der Waals surface area contributed by atoms with Gasteiger partial charge in [0.25, 0.3) is 0 Å². The van der Waals surface area contributed by atoms with Gasteiger partial charge in [0.05, 0.1) is 19.3 Å². The number of guanidine groups is 1. The lowest BCUT2D eigenvalue weighted by molar-refractivity contribution is 0.391. The van der Waals surface area contributed by atoms with Gasteiger partial charge in [-0.1, -0.05) is 24.2 Å². The summed E-state index contributed by atoms with van der Waals surface area (Å²) in [6, 6.07) is 7.95. The first-order valence-corrected chi connectivity index (χ1v) is 8.63. The fraction of sp³-hybridized carbons (Fsp3) is 0.474. The molecule has 0 saturated heterocycles. The van der Waals surface area contributed by atoms with Crippen LogP contribution in [0.2, 0.25) is 0 Å². The summed E-state index contributed by atoms with van der Waals surface area (Å²) < 4.78 is 10.5. The minimum absolute atomic E-state index is 0.284.